The zero-order valence-electron chi connectivity index (χ0n) is 16.2. The molecule has 0 saturated heterocycles. The second-order valence-electron chi connectivity index (χ2n) is 6.83. The Morgan fingerprint density at radius 1 is 0.786 bits per heavy atom. The molecule has 2 N–H and O–H groups in total. The number of hydrogen-bond acceptors (Lipinski definition) is 2. The van der Waals surface area contributed by atoms with Crippen molar-refractivity contribution in [2.75, 3.05) is 10.6 Å². The van der Waals surface area contributed by atoms with E-state index in [1.54, 1.807) is 24.3 Å². The Balaban J connectivity index is 1.67. The highest BCUT2D eigenvalue weighted by Gasteiger charge is 2.13. The summed E-state index contributed by atoms with van der Waals surface area (Å²) in [6, 6.07) is 22.7. The van der Waals surface area contributed by atoms with Gasteiger partial charge in [0.2, 0.25) is 5.91 Å². The number of nitrogens with one attached hydrogen (secondary N) is 2. The summed E-state index contributed by atoms with van der Waals surface area (Å²) in [5, 5.41) is 5.78. The monoisotopic (exact) mass is 372 g/mol. The zero-order chi connectivity index (χ0) is 19.9. The molecule has 0 aliphatic carbocycles. The SMILES string of the molecule is Cc1ccc(NC(=O)c2ccccc2NC(=O)CCc2ccccc2)cc1C. The number of carbonyl (C=O) groups is 2. The van der Waals surface area contributed by atoms with E-state index in [1.807, 2.05) is 62.4 Å². The first kappa shape index (κ1) is 19.4. The first-order valence-electron chi connectivity index (χ1n) is 9.34. The topological polar surface area (TPSA) is 58.2 Å². The quantitative estimate of drug-likeness (QED) is 0.630. The smallest absolute Gasteiger partial charge is 0.257 e. The fourth-order valence-electron chi connectivity index (χ4n) is 2.92. The predicted molar refractivity (Wildman–Crippen MR) is 114 cm³/mol. The number of benzene rings is 3. The molecule has 0 unspecified atom stereocenters. The lowest BCUT2D eigenvalue weighted by Crippen LogP contribution is -2.18. The van der Waals surface area contributed by atoms with Crippen molar-refractivity contribution in [1.82, 2.24) is 0 Å². The first-order valence-corrected chi connectivity index (χ1v) is 9.34. The molecule has 0 heterocycles. The Hall–Kier alpha value is -3.40. The average molecular weight is 372 g/mol. The van der Waals surface area contributed by atoms with Crippen molar-refractivity contribution >= 4 is 23.2 Å². The van der Waals surface area contributed by atoms with E-state index in [9.17, 15) is 9.59 Å². The van der Waals surface area contributed by atoms with E-state index in [2.05, 4.69) is 10.6 Å². The van der Waals surface area contributed by atoms with Crippen LogP contribution in [0.2, 0.25) is 0 Å². The van der Waals surface area contributed by atoms with Crippen LogP contribution >= 0.6 is 0 Å². The molecule has 3 aromatic rings. The van der Waals surface area contributed by atoms with Crippen LogP contribution < -0.4 is 10.6 Å². The van der Waals surface area contributed by atoms with Gasteiger partial charge in [-0.3, -0.25) is 9.59 Å². The van der Waals surface area contributed by atoms with Gasteiger partial charge in [0.1, 0.15) is 0 Å². The van der Waals surface area contributed by atoms with Crippen LogP contribution in [-0.4, -0.2) is 11.8 Å². The molecule has 0 bridgehead atoms. The maximum Gasteiger partial charge on any atom is 0.257 e. The Kier molecular flexibility index (Phi) is 6.22. The molecule has 0 atom stereocenters. The second-order valence-corrected chi connectivity index (χ2v) is 6.83. The van der Waals surface area contributed by atoms with Crippen molar-refractivity contribution in [2.45, 2.75) is 26.7 Å². The Bertz CT molecular complexity index is 981. The molecular weight excluding hydrogens is 348 g/mol. The molecule has 0 aliphatic heterocycles. The predicted octanol–water partition coefficient (Wildman–Crippen LogP) is 5.13. The van der Waals surface area contributed by atoms with Gasteiger partial charge in [-0.1, -0.05) is 48.5 Å². The summed E-state index contributed by atoms with van der Waals surface area (Å²) in [7, 11) is 0. The van der Waals surface area contributed by atoms with E-state index in [0.717, 1.165) is 16.8 Å². The Labute approximate surface area is 165 Å². The summed E-state index contributed by atoms with van der Waals surface area (Å²) < 4.78 is 0. The Morgan fingerprint density at radius 3 is 2.25 bits per heavy atom. The van der Waals surface area contributed by atoms with Crippen LogP contribution in [0.25, 0.3) is 0 Å². The highest BCUT2D eigenvalue weighted by Crippen LogP contribution is 2.19. The fraction of sp³-hybridized carbons (Fsp3) is 0.167. The second kappa shape index (κ2) is 9.00. The van der Waals surface area contributed by atoms with E-state index in [1.165, 1.54) is 5.56 Å². The van der Waals surface area contributed by atoms with Gasteiger partial charge < -0.3 is 10.6 Å². The summed E-state index contributed by atoms with van der Waals surface area (Å²) in [5.41, 5.74) is 5.08. The van der Waals surface area contributed by atoms with Crippen LogP contribution in [0.15, 0.2) is 72.8 Å². The third-order valence-electron chi connectivity index (χ3n) is 4.69. The highest BCUT2D eigenvalue weighted by molar-refractivity contribution is 6.10. The minimum absolute atomic E-state index is 0.115. The van der Waals surface area contributed by atoms with Crippen LogP contribution in [-0.2, 0) is 11.2 Å². The standard InChI is InChI=1S/C24H24N2O2/c1-17-12-14-20(16-18(17)2)25-24(28)21-10-6-7-11-22(21)26-23(27)15-13-19-8-4-3-5-9-19/h3-12,14,16H,13,15H2,1-2H3,(H,25,28)(H,26,27). The summed E-state index contributed by atoms with van der Waals surface area (Å²) in [6.07, 6.45) is 1.01. The molecule has 0 saturated carbocycles. The average Bonchev–Trinajstić information content (AvgIpc) is 2.70. The molecule has 4 heteroatoms. The minimum atomic E-state index is -0.248. The van der Waals surface area contributed by atoms with Crippen molar-refractivity contribution in [3.63, 3.8) is 0 Å². The van der Waals surface area contributed by atoms with Crippen molar-refractivity contribution in [3.8, 4) is 0 Å². The molecule has 28 heavy (non-hydrogen) atoms. The van der Waals surface area contributed by atoms with Crippen molar-refractivity contribution in [3.05, 3.63) is 95.1 Å². The van der Waals surface area contributed by atoms with Gasteiger partial charge in [0.05, 0.1) is 11.3 Å². The molecular formula is C24H24N2O2. The lowest BCUT2D eigenvalue weighted by atomic mass is 10.1. The number of aryl methyl sites for hydroxylation is 3. The summed E-state index contributed by atoms with van der Waals surface area (Å²) >= 11 is 0. The maximum absolute atomic E-state index is 12.7. The zero-order valence-corrected chi connectivity index (χ0v) is 16.2. The molecule has 3 rings (SSSR count). The number of amides is 2. The third kappa shape index (κ3) is 5.07. The van der Waals surface area contributed by atoms with Gasteiger partial charge in [0.25, 0.3) is 5.91 Å². The molecule has 0 aromatic heterocycles. The number of carbonyl (C=O) groups excluding carboxylic acids is 2. The summed E-state index contributed by atoms with van der Waals surface area (Å²) in [6.45, 7) is 4.03. The molecule has 0 spiro atoms. The molecule has 0 fully saturated rings. The molecule has 4 nitrogen and oxygen atoms in total. The number of para-hydroxylation sites is 1. The lowest BCUT2D eigenvalue weighted by molar-refractivity contribution is -0.116. The van der Waals surface area contributed by atoms with E-state index >= 15 is 0 Å². The molecule has 0 aliphatic rings. The summed E-state index contributed by atoms with van der Waals surface area (Å²) in [5.74, 6) is -0.363. The van der Waals surface area contributed by atoms with Gasteiger partial charge >= 0.3 is 0 Å². The van der Waals surface area contributed by atoms with Crippen molar-refractivity contribution < 1.29 is 9.59 Å². The van der Waals surface area contributed by atoms with Gasteiger partial charge in [-0.2, -0.15) is 0 Å². The maximum atomic E-state index is 12.7. The van der Waals surface area contributed by atoms with Crippen molar-refractivity contribution in [2.24, 2.45) is 0 Å². The number of rotatable bonds is 6. The third-order valence-corrected chi connectivity index (χ3v) is 4.69. The van der Waals surface area contributed by atoms with Gasteiger partial charge in [0.15, 0.2) is 0 Å². The van der Waals surface area contributed by atoms with Gasteiger partial charge in [-0.25, -0.2) is 0 Å². The van der Waals surface area contributed by atoms with Crippen molar-refractivity contribution in [1.29, 1.82) is 0 Å². The van der Waals surface area contributed by atoms with Crippen LogP contribution in [0.1, 0.15) is 33.5 Å². The van der Waals surface area contributed by atoms with E-state index in [0.29, 0.717) is 24.1 Å². The van der Waals surface area contributed by atoms with Crippen LogP contribution in [0.5, 0.6) is 0 Å². The minimum Gasteiger partial charge on any atom is -0.325 e. The number of hydrogen-bond donors (Lipinski definition) is 2. The van der Waals surface area contributed by atoms with Gasteiger partial charge in [-0.15, -0.1) is 0 Å². The van der Waals surface area contributed by atoms with Gasteiger partial charge in [-0.05, 0) is 61.2 Å². The molecule has 0 radical (unpaired) electrons. The largest absolute Gasteiger partial charge is 0.325 e. The fourth-order valence-corrected chi connectivity index (χ4v) is 2.92. The molecule has 2 amide bonds. The first-order chi connectivity index (χ1) is 13.5. The van der Waals surface area contributed by atoms with E-state index in [-0.39, 0.29) is 11.8 Å². The van der Waals surface area contributed by atoms with Gasteiger partial charge in [0, 0.05) is 12.1 Å². The van der Waals surface area contributed by atoms with Crippen LogP contribution in [0, 0.1) is 13.8 Å². The van der Waals surface area contributed by atoms with Crippen LogP contribution in [0.3, 0.4) is 0 Å². The van der Waals surface area contributed by atoms with Crippen LogP contribution in [0.4, 0.5) is 11.4 Å². The lowest BCUT2D eigenvalue weighted by Gasteiger charge is -2.12. The van der Waals surface area contributed by atoms with E-state index in [4.69, 9.17) is 0 Å². The summed E-state index contributed by atoms with van der Waals surface area (Å²) in [4.78, 5) is 25.1. The van der Waals surface area contributed by atoms with E-state index < -0.39 is 0 Å². The molecule has 3 aromatic carbocycles. The molecule has 142 valence electrons. The number of anilines is 2. The normalized spacial score (nSPS) is 10.4. The Morgan fingerprint density at radius 2 is 1.50 bits per heavy atom. The highest BCUT2D eigenvalue weighted by atomic mass is 16.2.